The normalized spacial score (nSPS) is 22.1. The molecule has 0 aromatic carbocycles. The highest BCUT2D eigenvalue weighted by atomic mass is 16.7. The van der Waals surface area contributed by atoms with Gasteiger partial charge in [0, 0.05) is 11.8 Å². The smallest absolute Gasteiger partial charge is 0.165 e. The number of rotatable bonds is 12. The van der Waals surface area contributed by atoms with Crippen molar-refractivity contribution in [1.82, 2.24) is 0 Å². The molecule has 0 spiro atoms. The van der Waals surface area contributed by atoms with Gasteiger partial charge in [-0.25, -0.2) is 0 Å². The Morgan fingerprint density at radius 2 is 1.12 bits per heavy atom. The molecule has 2 nitrogen and oxygen atoms in total. The van der Waals surface area contributed by atoms with E-state index in [-0.39, 0.29) is 11.2 Å². The van der Waals surface area contributed by atoms with Crippen LogP contribution >= 0.6 is 0 Å². The summed E-state index contributed by atoms with van der Waals surface area (Å²) in [7, 11) is 0. The van der Waals surface area contributed by atoms with E-state index in [4.69, 9.17) is 9.47 Å². The summed E-state index contributed by atoms with van der Waals surface area (Å²) in [5.74, 6) is 2.24. The molecule has 1 heterocycles. The maximum absolute atomic E-state index is 6.01. The highest BCUT2D eigenvalue weighted by Gasteiger charge is 2.36. The molecule has 1 aliphatic rings. The molecule has 0 bridgehead atoms. The zero-order chi connectivity index (χ0) is 18.9. The van der Waals surface area contributed by atoms with E-state index in [9.17, 15) is 0 Å². The van der Waals surface area contributed by atoms with Gasteiger partial charge >= 0.3 is 0 Å². The molecule has 25 heavy (non-hydrogen) atoms. The quantitative estimate of drug-likeness (QED) is 0.368. The van der Waals surface area contributed by atoms with Crippen LogP contribution in [0.2, 0.25) is 0 Å². The van der Waals surface area contributed by atoms with Gasteiger partial charge in [0.1, 0.15) is 0 Å². The molecule has 0 aromatic rings. The average Bonchev–Trinajstić information content (AvgIpc) is 2.50. The van der Waals surface area contributed by atoms with Crippen LogP contribution in [0.15, 0.2) is 0 Å². The van der Waals surface area contributed by atoms with E-state index < -0.39 is 0 Å². The Labute approximate surface area is 158 Å². The predicted molar refractivity (Wildman–Crippen MR) is 109 cm³/mol. The minimum Gasteiger partial charge on any atom is -0.350 e. The second-order valence-corrected chi connectivity index (χ2v) is 10.2. The Morgan fingerprint density at radius 1 is 0.680 bits per heavy atom. The molecule has 1 saturated heterocycles. The van der Waals surface area contributed by atoms with Crippen molar-refractivity contribution in [3.05, 3.63) is 0 Å². The molecular formula is C23H46O2. The van der Waals surface area contributed by atoms with Crippen LogP contribution < -0.4 is 0 Å². The lowest BCUT2D eigenvalue weighted by Gasteiger charge is -2.41. The summed E-state index contributed by atoms with van der Waals surface area (Å²) in [4.78, 5) is 0. The number of hydrogen-bond donors (Lipinski definition) is 0. The van der Waals surface area contributed by atoms with Gasteiger partial charge < -0.3 is 9.47 Å². The summed E-state index contributed by atoms with van der Waals surface area (Å²) in [5.41, 5.74) is 0.165. The van der Waals surface area contributed by atoms with E-state index in [1.165, 1.54) is 51.4 Å². The second-order valence-electron chi connectivity index (χ2n) is 10.2. The van der Waals surface area contributed by atoms with Gasteiger partial charge in [-0.15, -0.1) is 0 Å². The van der Waals surface area contributed by atoms with Crippen molar-refractivity contribution in [1.29, 1.82) is 0 Å². The van der Waals surface area contributed by atoms with Crippen LogP contribution in [0.3, 0.4) is 0 Å². The van der Waals surface area contributed by atoms with Crippen molar-refractivity contribution in [3.8, 4) is 0 Å². The molecular weight excluding hydrogens is 308 g/mol. The van der Waals surface area contributed by atoms with E-state index in [0.717, 1.165) is 37.4 Å². The van der Waals surface area contributed by atoms with Crippen LogP contribution in [0.1, 0.15) is 106 Å². The maximum Gasteiger partial charge on any atom is 0.165 e. The maximum atomic E-state index is 6.01. The van der Waals surface area contributed by atoms with Gasteiger partial charge in [0.25, 0.3) is 0 Å². The van der Waals surface area contributed by atoms with Crippen LogP contribution in [0.5, 0.6) is 0 Å². The first-order valence-corrected chi connectivity index (χ1v) is 10.9. The fourth-order valence-corrected chi connectivity index (χ4v) is 3.67. The molecule has 2 heteroatoms. The van der Waals surface area contributed by atoms with Gasteiger partial charge in [-0.1, -0.05) is 86.5 Å². The predicted octanol–water partition coefficient (Wildman–Crippen LogP) is 7.21. The van der Waals surface area contributed by atoms with Crippen molar-refractivity contribution in [2.45, 2.75) is 112 Å². The summed E-state index contributed by atoms with van der Waals surface area (Å²) >= 11 is 0. The van der Waals surface area contributed by atoms with E-state index in [2.05, 4.69) is 48.5 Å². The lowest BCUT2D eigenvalue weighted by atomic mass is 9.91. The summed E-state index contributed by atoms with van der Waals surface area (Å²) in [6.07, 6.45) is 11.9. The molecule has 0 N–H and O–H groups in total. The standard InChI is InChI=1S/C23H46O2/c1-19(2)11-8-12-20(3)13-9-14-21(4)15-10-16-23(7)24-17-22(5,6)18-25-23/h19-21H,8-18H2,1-7H3. The minimum atomic E-state index is -0.347. The van der Waals surface area contributed by atoms with Crippen molar-refractivity contribution >= 4 is 0 Å². The van der Waals surface area contributed by atoms with Crippen molar-refractivity contribution in [2.24, 2.45) is 23.2 Å². The summed E-state index contributed by atoms with van der Waals surface area (Å²) in [6, 6.07) is 0. The minimum absolute atomic E-state index is 0.165. The fraction of sp³-hybridized carbons (Fsp3) is 1.00. The molecule has 150 valence electrons. The third-order valence-corrected chi connectivity index (χ3v) is 5.74. The molecule has 1 fully saturated rings. The summed E-state index contributed by atoms with van der Waals surface area (Å²) < 4.78 is 12.0. The van der Waals surface area contributed by atoms with Crippen LogP contribution in [0.4, 0.5) is 0 Å². The lowest BCUT2D eigenvalue weighted by molar-refractivity contribution is -0.292. The molecule has 2 unspecified atom stereocenters. The first-order valence-electron chi connectivity index (χ1n) is 10.9. The van der Waals surface area contributed by atoms with Crippen LogP contribution in [-0.4, -0.2) is 19.0 Å². The van der Waals surface area contributed by atoms with Crippen molar-refractivity contribution in [3.63, 3.8) is 0 Å². The monoisotopic (exact) mass is 354 g/mol. The zero-order valence-corrected chi connectivity index (χ0v) is 18.3. The largest absolute Gasteiger partial charge is 0.350 e. The van der Waals surface area contributed by atoms with Crippen molar-refractivity contribution < 1.29 is 9.47 Å². The van der Waals surface area contributed by atoms with Crippen LogP contribution in [-0.2, 0) is 9.47 Å². The Balaban J connectivity index is 2.06. The molecule has 1 aliphatic heterocycles. The van der Waals surface area contributed by atoms with Gasteiger partial charge in [0.2, 0.25) is 0 Å². The first kappa shape index (κ1) is 23.0. The van der Waals surface area contributed by atoms with Gasteiger partial charge in [-0.3, -0.25) is 0 Å². The summed E-state index contributed by atoms with van der Waals surface area (Å²) in [5, 5.41) is 0. The van der Waals surface area contributed by atoms with Crippen LogP contribution in [0.25, 0.3) is 0 Å². The van der Waals surface area contributed by atoms with Gasteiger partial charge in [0.05, 0.1) is 13.2 Å². The topological polar surface area (TPSA) is 18.5 Å². The van der Waals surface area contributed by atoms with E-state index in [1.807, 2.05) is 0 Å². The summed E-state index contributed by atoms with van der Waals surface area (Å²) in [6.45, 7) is 17.7. The molecule has 0 aromatic heterocycles. The fourth-order valence-electron chi connectivity index (χ4n) is 3.67. The third kappa shape index (κ3) is 10.6. The lowest BCUT2D eigenvalue weighted by Crippen LogP contribution is -2.45. The SMILES string of the molecule is CC(C)CCCC(C)CCCC(C)CCCC1(C)OCC(C)(C)CO1. The highest BCUT2D eigenvalue weighted by molar-refractivity contribution is 4.77. The molecule has 0 saturated carbocycles. The van der Waals surface area contributed by atoms with Crippen LogP contribution in [0, 0.1) is 23.2 Å². The molecule has 0 amide bonds. The molecule has 0 radical (unpaired) electrons. The van der Waals surface area contributed by atoms with E-state index >= 15 is 0 Å². The zero-order valence-electron chi connectivity index (χ0n) is 18.3. The molecule has 1 rings (SSSR count). The Morgan fingerprint density at radius 3 is 1.60 bits per heavy atom. The van der Waals surface area contributed by atoms with Gasteiger partial charge in [0.15, 0.2) is 5.79 Å². The Bertz CT molecular complexity index is 338. The number of ether oxygens (including phenoxy) is 2. The average molecular weight is 355 g/mol. The van der Waals surface area contributed by atoms with E-state index in [1.54, 1.807) is 0 Å². The first-order chi connectivity index (χ1) is 11.6. The Kier molecular flexibility index (Phi) is 10.0. The molecule has 2 atom stereocenters. The molecule has 0 aliphatic carbocycles. The Hall–Kier alpha value is -0.0800. The van der Waals surface area contributed by atoms with Gasteiger partial charge in [-0.2, -0.15) is 0 Å². The highest BCUT2D eigenvalue weighted by Crippen LogP contribution is 2.33. The second kappa shape index (κ2) is 10.9. The van der Waals surface area contributed by atoms with Crippen molar-refractivity contribution in [2.75, 3.05) is 13.2 Å². The van der Waals surface area contributed by atoms with E-state index in [0.29, 0.717) is 0 Å². The third-order valence-electron chi connectivity index (χ3n) is 5.74. The van der Waals surface area contributed by atoms with Gasteiger partial charge in [-0.05, 0) is 31.1 Å². The number of hydrogen-bond acceptors (Lipinski definition) is 2.